The fourth-order valence-electron chi connectivity index (χ4n) is 2.53. The van der Waals surface area contributed by atoms with Gasteiger partial charge in [-0.15, -0.1) is 0 Å². The Balaban J connectivity index is 0.000000327. The van der Waals surface area contributed by atoms with Crippen molar-refractivity contribution in [1.82, 2.24) is 15.5 Å². The zero-order chi connectivity index (χ0) is 15.1. The van der Waals surface area contributed by atoms with E-state index in [1.807, 2.05) is 20.9 Å². The summed E-state index contributed by atoms with van der Waals surface area (Å²) in [5, 5.41) is 6.57. The molecule has 0 aromatic rings. The van der Waals surface area contributed by atoms with Crippen molar-refractivity contribution in [2.24, 2.45) is 0 Å². The van der Waals surface area contributed by atoms with Gasteiger partial charge in [-0.2, -0.15) is 0 Å². The van der Waals surface area contributed by atoms with Gasteiger partial charge in [-0.3, -0.25) is 0 Å². The predicted molar refractivity (Wildman–Crippen MR) is 87.3 cm³/mol. The maximum atomic E-state index is 10.0. The third kappa shape index (κ3) is 10.4. The molecule has 2 fully saturated rings. The highest BCUT2D eigenvalue weighted by molar-refractivity contribution is 5.49. The lowest BCUT2D eigenvalue weighted by Crippen LogP contribution is -2.37. The molecule has 0 aliphatic carbocycles. The number of likely N-dealkylation sites (tertiary alicyclic amines) is 1. The molecule has 0 amide bonds. The first-order valence-electron chi connectivity index (χ1n) is 8.40. The van der Waals surface area contributed by atoms with E-state index >= 15 is 0 Å². The summed E-state index contributed by atoms with van der Waals surface area (Å²) in [5.41, 5.74) is 0. The van der Waals surface area contributed by atoms with E-state index in [0.29, 0.717) is 6.42 Å². The second kappa shape index (κ2) is 14.9. The van der Waals surface area contributed by atoms with Crippen LogP contribution >= 0.6 is 0 Å². The molecule has 2 saturated heterocycles. The van der Waals surface area contributed by atoms with E-state index in [0.717, 1.165) is 18.9 Å². The molecule has 2 rings (SSSR count). The lowest BCUT2D eigenvalue weighted by atomic mass is 10.1. The Kier molecular flexibility index (Phi) is 14.6. The van der Waals surface area contributed by atoms with Crippen molar-refractivity contribution in [2.75, 3.05) is 39.8 Å². The van der Waals surface area contributed by atoms with Gasteiger partial charge in [-0.1, -0.05) is 20.3 Å². The number of hydrogen-bond acceptors (Lipinski definition) is 4. The molecule has 2 aliphatic heterocycles. The van der Waals surface area contributed by atoms with Crippen LogP contribution in [-0.4, -0.2) is 57.0 Å². The van der Waals surface area contributed by atoms with Gasteiger partial charge in [0.15, 0.2) is 0 Å². The molecule has 4 heteroatoms. The lowest BCUT2D eigenvalue weighted by Gasteiger charge is -2.25. The number of nitrogens with one attached hydrogen (secondary N) is 2. The zero-order valence-electron chi connectivity index (χ0n) is 13.8. The normalized spacial score (nSPS) is 20.1. The van der Waals surface area contributed by atoms with Crippen molar-refractivity contribution in [1.29, 1.82) is 0 Å². The maximum Gasteiger partial charge on any atom is 0.121 e. The van der Waals surface area contributed by atoms with Crippen LogP contribution in [0.2, 0.25) is 0 Å². The first kappa shape index (κ1) is 19.6. The van der Waals surface area contributed by atoms with Crippen molar-refractivity contribution in [2.45, 2.75) is 58.4 Å². The van der Waals surface area contributed by atoms with E-state index in [1.165, 1.54) is 58.3 Å². The van der Waals surface area contributed by atoms with Crippen LogP contribution in [0.1, 0.15) is 52.4 Å². The van der Waals surface area contributed by atoms with Gasteiger partial charge in [-0.25, -0.2) is 0 Å². The Morgan fingerprint density at radius 2 is 1.75 bits per heavy atom. The van der Waals surface area contributed by atoms with Gasteiger partial charge >= 0.3 is 0 Å². The van der Waals surface area contributed by atoms with Crippen LogP contribution in [0, 0.1) is 0 Å². The summed E-state index contributed by atoms with van der Waals surface area (Å²) >= 11 is 0. The van der Waals surface area contributed by atoms with E-state index in [1.54, 1.807) is 0 Å². The van der Waals surface area contributed by atoms with Gasteiger partial charge in [0.1, 0.15) is 6.29 Å². The number of rotatable bonds is 4. The van der Waals surface area contributed by atoms with Gasteiger partial charge in [0, 0.05) is 19.0 Å². The Hall–Kier alpha value is -0.450. The fourth-order valence-corrected chi connectivity index (χ4v) is 2.53. The monoisotopic (exact) mass is 285 g/mol. The highest BCUT2D eigenvalue weighted by Crippen LogP contribution is 2.07. The number of piperidine rings is 2. The highest BCUT2D eigenvalue weighted by Gasteiger charge is 2.08. The second-order valence-electron chi connectivity index (χ2n) is 5.17. The number of aldehydes is 1. The Bertz CT molecular complexity index is 200. The van der Waals surface area contributed by atoms with Crippen LogP contribution in [0.5, 0.6) is 0 Å². The van der Waals surface area contributed by atoms with Gasteiger partial charge in [-0.05, 0) is 58.9 Å². The van der Waals surface area contributed by atoms with Crippen molar-refractivity contribution in [3.8, 4) is 0 Å². The first-order chi connectivity index (χ1) is 9.86. The van der Waals surface area contributed by atoms with Crippen LogP contribution in [0.4, 0.5) is 0 Å². The highest BCUT2D eigenvalue weighted by atomic mass is 16.1. The number of carbonyl (C=O) groups is 1. The van der Waals surface area contributed by atoms with Crippen molar-refractivity contribution < 1.29 is 4.79 Å². The molecule has 2 N–H and O–H groups in total. The van der Waals surface area contributed by atoms with Gasteiger partial charge < -0.3 is 20.3 Å². The summed E-state index contributed by atoms with van der Waals surface area (Å²) < 4.78 is 0. The number of nitrogens with zero attached hydrogens (tertiary/aromatic N) is 1. The molecular formula is C16H35N3O. The summed E-state index contributed by atoms with van der Waals surface area (Å²) in [6.07, 6.45) is 8.30. The van der Waals surface area contributed by atoms with Crippen LogP contribution in [0.15, 0.2) is 0 Å². The average Bonchev–Trinajstić information content (AvgIpc) is 2.57. The van der Waals surface area contributed by atoms with Crippen LogP contribution in [-0.2, 0) is 4.79 Å². The fraction of sp³-hybridized carbons (Fsp3) is 0.938. The van der Waals surface area contributed by atoms with E-state index < -0.39 is 0 Å². The molecule has 20 heavy (non-hydrogen) atoms. The Labute approximate surface area is 125 Å². The lowest BCUT2D eigenvalue weighted by molar-refractivity contribution is -0.108. The molecule has 0 bridgehead atoms. The van der Waals surface area contributed by atoms with Crippen molar-refractivity contribution in [3.05, 3.63) is 0 Å². The minimum Gasteiger partial charge on any atom is -0.317 e. The first-order valence-corrected chi connectivity index (χ1v) is 8.40. The van der Waals surface area contributed by atoms with Crippen LogP contribution in [0.25, 0.3) is 0 Å². The van der Waals surface area contributed by atoms with Gasteiger partial charge in [0.25, 0.3) is 0 Å². The molecule has 0 spiro atoms. The second-order valence-corrected chi connectivity index (χ2v) is 5.17. The number of hydrogen-bond donors (Lipinski definition) is 2. The predicted octanol–water partition coefficient (Wildman–Crippen LogP) is 2.05. The summed E-state index contributed by atoms with van der Waals surface area (Å²) in [4.78, 5) is 12.4. The number of carbonyl (C=O) groups excluding carboxylic acids is 1. The molecule has 0 radical (unpaired) electrons. The van der Waals surface area contributed by atoms with Crippen molar-refractivity contribution in [3.63, 3.8) is 0 Å². The van der Waals surface area contributed by atoms with E-state index in [9.17, 15) is 4.79 Å². The van der Waals surface area contributed by atoms with E-state index in [-0.39, 0.29) is 0 Å². The van der Waals surface area contributed by atoms with E-state index in [2.05, 4.69) is 15.5 Å². The zero-order valence-corrected chi connectivity index (χ0v) is 13.8. The molecular weight excluding hydrogens is 250 g/mol. The van der Waals surface area contributed by atoms with Crippen LogP contribution < -0.4 is 10.6 Å². The molecule has 4 nitrogen and oxygen atoms in total. The Morgan fingerprint density at radius 1 is 1.15 bits per heavy atom. The largest absolute Gasteiger partial charge is 0.317 e. The molecule has 2 aliphatic rings. The third-order valence-electron chi connectivity index (χ3n) is 3.76. The summed E-state index contributed by atoms with van der Waals surface area (Å²) in [5.74, 6) is 0. The minimum atomic E-state index is 0.708. The molecule has 0 aromatic heterocycles. The smallest absolute Gasteiger partial charge is 0.121 e. The molecule has 2 heterocycles. The minimum absolute atomic E-state index is 0.708. The average molecular weight is 285 g/mol. The summed E-state index contributed by atoms with van der Waals surface area (Å²) in [7, 11) is 2.04. The topological polar surface area (TPSA) is 44.4 Å². The third-order valence-corrected chi connectivity index (χ3v) is 3.76. The maximum absolute atomic E-state index is 10.0. The molecule has 120 valence electrons. The SMILES string of the molecule is CC.CNC1CCNCC1.O=CCCN1CCCCC1. The summed E-state index contributed by atoms with van der Waals surface area (Å²) in [6.45, 7) is 9.75. The standard InChI is InChI=1S/C8H15NO.C6H14N2.C2H6/c10-8-4-7-9-5-2-1-3-6-9;1-7-6-2-4-8-5-3-6;1-2/h8H,1-7H2;6-8H,2-5H2,1H3;1-2H3. The Morgan fingerprint density at radius 3 is 2.20 bits per heavy atom. The van der Waals surface area contributed by atoms with Gasteiger partial charge in [0.2, 0.25) is 0 Å². The van der Waals surface area contributed by atoms with Crippen molar-refractivity contribution >= 4 is 6.29 Å². The molecule has 0 saturated carbocycles. The quantitative estimate of drug-likeness (QED) is 0.776. The molecule has 0 atom stereocenters. The molecule has 0 aromatic carbocycles. The summed E-state index contributed by atoms with van der Waals surface area (Å²) in [6, 6.07) is 0.774. The van der Waals surface area contributed by atoms with E-state index in [4.69, 9.17) is 0 Å². The molecule has 0 unspecified atom stereocenters. The van der Waals surface area contributed by atoms with Crippen LogP contribution in [0.3, 0.4) is 0 Å². The van der Waals surface area contributed by atoms with Gasteiger partial charge in [0.05, 0.1) is 0 Å².